The summed E-state index contributed by atoms with van der Waals surface area (Å²) in [5.41, 5.74) is 1.04. The molecule has 0 spiro atoms. The Morgan fingerprint density at radius 3 is 2.52 bits per heavy atom. The van der Waals surface area contributed by atoms with E-state index in [0.717, 1.165) is 10.5 Å². The average Bonchev–Trinajstić information content (AvgIpc) is 2.83. The topological polar surface area (TPSA) is 20.3 Å². The molecular weight excluding hydrogens is 342 g/mol. The molecule has 116 valence electrons. The second kappa shape index (κ2) is 7.34. The molecular formula is C18H15NOS3. The lowest BCUT2D eigenvalue weighted by Gasteiger charge is -2.09. The van der Waals surface area contributed by atoms with Crippen molar-refractivity contribution in [2.24, 2.45) is 0 Å². The Labute approximate surface area is 150 Å². The molecule has 0 N–H and O–H groups in total. The van der Waals surface area contributed by atoms with Gasteiger partial charge in [-0.3, -0.25) is 9.69 Å². The van der Waals surface area contributed by atoms with Crippen LogP contribution in [-0.2, 0) is 4.79 Å². The standard InChI is InChI=1S/C18H15NOS3/c1-2-19-17(20)16(23-18(19)21)12-13-8-6-7-11-15(13)22-14-9-4-3-5-10-14/h3-12H,2H2,1H3. The highest BCUT2D eigenvalue weighted by Crippen LogP contribution is 2.36. The first kappa shape index (κ1) is 16.3. The number of hydrogen-bond acceptors (Lipinski definition) is 4. The third-order valence-corrected chi connectivity index (χ3v) is 5.84. The molecule has 5 heteroatoms. The van der Waals surface area contributed by atoms with Gasteiger partial charge in [0, 0.05) is 16.3 Å². The van der Waals surface area contributed by atoms with E-state index in [4.69, 9.17) is 12.2 Å². The molecule has 2 aromatic carbocycles. The van der Waals surface area contributed by atoms with E-state index in [9.17, 15) is 4.79 Å². The summed E-state index contributed by atoms with van der Waals surface area (Å²) in [5.74, 6) is 0.00186. The number of likely N-dealkylation sites (N-methyl/N-ethyl adjacent to an activating group) is 1. The van der Waals surface area contributed by atoms with Crippen molar-refractivity contribution in [3.05, 3.63) is 65.1 Å². The predicted molar refractivity (Wildman–Crippen MR) is 103 cm³/mol. The van der Waals surface area contributed by atoms with E-state index in [1.54, 1.807) is 16.7 Å². The number of carbonyl (C=O) groups excluding carboxylic acids is 1. The van der Waals surface area contributed by atoms with Gasteiger partial charge in [-0.2, -0.15) is 0 Å². The van der Waals surface area contributed by atoms with Crippen LogP contribution in [0.4, 0.5) is 0 Å². The maximum absolute atomic E-state index is 12.4. The van der Waals surface area contributed by atoms with Gasteiger partial charge in [0.25, 0.3) is 5.91 Å². The lowest BCUT2D eigenvalue weighted by atomic mass is 10.2. The SMILES string of the molecule is CCN1C(=O)C(=Cc2ccccc2Sc2ccccc2)SC1=S. The van der Waals surface area contributed by atoms with Crippen molar-refractivity contribution in [3.63, 3.8) is 0 Å². The molecule has 1 amide bonds. The smallest absolute Gasteiger partial charge is 0.266 e. The number of benzene rings is 2. The van der Waals surface area contributed by atoms with Gasteiger partial charge in [-0.05, 0) is 36.8 Å². The minimum atomic E-state index is 0.00186. The molecule has 1 aliphatic heterocycles. The third kappa shape index (κ3) is 3.68. The van der Waals surface area contributed by atoms with E-state index >= 15 is 0 Å². The zero-order valence-corrected chi connectivity index (χ0v) is 15.0. The van der Waals surface area contributed by atoms with Crippen molar-refractivity contribution in [3.8, 4) is 0 Å². The van der Waals surface area contributed by atoms with Gasteiger partial charge in [-0.25, -0.2) is 0 Å². The fraction of sp³-hybridized carbons (Fsp3) is 0.111. The Morgan fingerprint density at radius 1 is 1.13 bits per heavy atom. The zero-order valence-electron chi connectivity index (χ0n) is 12.6. The Kier molecular flexibility index (Phi) is 5.20. The zero-order chi connectivity index (χ0) is 16.2. The molecule has 3 rings (SSSR count). The average molecular weight is 358 g/mol. The van der Waals surface area contributed by atoms with Crippen LogP contribution in [0.5, 0.6) is 0 Å². The Hall–Kier alpha value is -1.56. The summed E-state index contributed by atoms with van der Waals surface area (Å²) >= 11 is 8.34. The predicted octanol–water partition coefficient (Wildman–Crippen LogP) is 5.06. The van der Waals surface area contributed by atoms with Crippen LogP contribution in [0.1, 0.15) is 12.5 Å². The molecule has 2 nitrogen and oxygen atoms in total. The number of amides is 1. The summed E-state index contributed by atoms with van der Waals surface area (Å²) < 4.78 is 0.636. The highest BCUT2D eigenvalue weighted by atomic mass is 32.2. The number of thiocarbonyl (C=S) groups is 1. The maximum atomic E-state index is 12.4. The number of nitrogens with zero attached hydrogens (tertiary/aromatic N) is 1. The van der Waals surface area contributed by atoms with Gasteiger partial charge in [0.05, 0.1) is 4.91 Å². The number of carbonyl (C=O) groups is 1. The monoisotopic (exact) mass is 357 g/mol. The minimum absolute atomic E-state index is 0.00186. The molecule has 0 radical (unpaired) electrons. The minimum Gasteiger partial charge on any atom is -0.293 e. The summed E-state index contributed by atoms with van der Waals surface area (Å²) in [6.07, 6.45) is 1.94. The van der Waals surface area contributed by atoms with Crippen LogP contribution in [0.25, 0.3) is 6.08 Å². The van der Waals surface area contributed by atoms with E-state index in [1.165, 1.54) is 16.7 Å². The Balaban J connectivity index is 1.91. The molecule has 0 aromatic heterocycles. The van der Waals surface area contributed by atoms with E-state index in [0.29, 0.717) is 15.8 Å². The van der Waals surface area contributed by atoms with Crippen molar-refractivity contribution in [2.45, 2.75) is 16.7 Å². The van der Waals surface area contributed by atoms with Crippen LogP contribution < -0.4 is 0 Å². The number of hydrogen-bond donors (Lipinski definition) is 0. The summed E-state index contributed by atoms with van der Waals surface area (Å²) in [7, 11) is 0. The molecule has 1 fully saturated rings. The Morgan fingerprint density at radius 2 is 1.83 bits per heavy atom. The summed E-state index contributed by atoms with van der Waals surface area (Å²) in [6.45, 7) is 2.55. The molecule has 23 heavy (non-hydrogen) atoms. The van der Waals surface area contributed by atoms with Crippen molar-refractivity contribution >= 4 is 52.0 Å². The molecule has 0 bridgehead atoms. The van der Waals surface area contributed by atoms with E-state index < -0.39 is 0 Å². The first-order valence-corrected chi connectivity index (χ1v) is 9.30. The maximum Gasteiger partial charge on any atom is 0.266 e. The van der Waals surface area contributed by atoms with Crippen LogP contribution in [0.2, 0.25) is 0 Å². The molecule has 0 aliphatic carbocycles. The van der Waals surface area contributed by atoms with Crippen LogP contribution in [0.3, 0.4) is 0 Å². The Bertz CT molecular complexity index is 771. The second-order valence-electron chi connectivity index (χ2n) is 4.88. The van der Waals surface area contributed by atoms with E-state index in [2.05, 4.69) is 18.2 Å². The molecule has 2 aromatic rings. The number of rotatable bonds is 4. The quantitative estimate of drug-likeness (QED) is 0.563. The second-order valence-corrected chi connectivity index (χ2v) is 7.67. The summed E-state index contributed by atoms with van der Waals surface area (Å²) in [4.78, 5) is 17.0. The van der Waals surface area contributed by atoms with Gasteiger partial charge in [-0.15, -0.1) is 0 Å². The van der Waals surface area contributed by atoms with Crippen molar-refractivity contribution in [2.75, 3.05) is 6.54 Å². The first-order valence-electron chi connectivity index (χ1n) is 7.26. The molecule has 0 unspecified atom stereocenters. The lowest BCUT2D eigenvalue weighted by Crippen LogP contribution is -2.27. The van der Waals surface area contributed by atoms with Crippen molar-refractivity contribution in [1.29, 1.82) is 0 Å². The molecule has 0 atom stereocenters. The van der Waals surface area contributed by atoms with Gasteiger partial charge in [0.1, 0.15) is 4.32 Å². The van der Waals surface area contributed by atoms with Gasteiger partial charge < -0.3 is 0 Å². The van der Waals surface area contributed by atoms with Gasteiger partial charge in [0.15, 0.2) is 0 Å². The van der Waals surface area contributed by atoms with E-state index in [1.807, 2.05) is 49.4 Å². The fourth-order valence-corrected chi connectivity index (χ4v) is 4.54. The largest absolute Gasteiger partial charge is 0.293 e. The van der Waals surface area contributed by atoms with Crippen LogP contribution in [0, 0.1) is 0 Å². The lowest BCUT2D eigenvalue weighted by molar-refractivity contribution is -0.121. The van der Waals surface area contributed by atoms with Gasteiger partial charge >= 0.3 is 0 Å². The number of thioether (sulfide) groups is 1. The van der Waals surface area contributed by atoms with Crippen LogP contribution in [0.15, 0.2) is 69.3 Å². The molecule has 1 heterocycles. The third-order valence-electron chi connectivity index (χ3n) is 3.37. The summed E-state index contributed by atoms with van der Waals surface area (Å²) in [5, 5.41) is 0. The highest BCUT2D eigenvalue weighted by molar-refractivity contribution is 8.26. The highest BCUT2D eigenvalue weighted by Gasteiger charge is 2.30. The molecule has 0 saturated carbocycles. The normalized spacial score (nSPS) is 16.4. The van der Waals surface area contributed by atoms with Gasteiger partial charge in [0.2, 0.25) is 0 Å². The van der Waals surface area contributed by atoms with Crippen LogP contribution in [-0.4, -0.2) is 21.7 Å². The van der Waals surface area contributed by atoms with Crippen molar-refractivity contribution < 1.29 is 4.79 Å². The molecule has 1 saturated heterocycles. The van der Waals surface area contributed by atoms with Crippen LogP contribution >= 0.6 is 35.7 Å². The first-order chi connectivity index (χ1) is 11.2. The van der Waals surface area contributed by atoms with Gasteiger partial charge in [-0.1, -0.05) is 72.1 Å². The van der Waals surface area contributed by atoms with E-state index in [-0.39, 0.29) is 5.91 Å². The summed E-state index contributed by atoms with van der Waals surface area (Å²) in [6, 6.07) is 18.3. The fourth-order valence-electron chi connectivity index (χ4n) is 2.22. The van der Waals surface area contributed by atoms with Crippen molar-refractivity contribution in [1.82, 2.24) is 4.90 Å². The molecule has 1 aliphatic rings.